The minimum absolute atomic E-state index is 0.177. The number of aromatic nitrogens is 2. The number of rotatable bonds is 3. The van der Waals surface area contributed by atoms with Crippen LogP contribution in [0.1, 0.15) is 35.9 Å². The number of nitrogens with one attached hydrogen (secondary N) is 1. The number of amides is 1. The number of pyridine rings is 2. The standard InChI is InChI=1S/C18H19F3N4O/c1-11-8-15-14(24-17(11)23-12(2)26)4-3-7-25(15)10-13-5-6-16(22-9-13)18(19,20)21/h5-6,8-9H,3-4,7,10H2,1-2H3,(H,23,24,26). The number of halogens is 3. The highest BCUT2D eigenvalue weighted by atomic mass is 19.4. The minimum Gasteiger partial charge on any atom is -0.366 e. The molecule has 0 bridgehead atoms. The van der Waals surface area contributed by atoms with Crippen LogP contribution in [0.3, 0.4) is 0 Å². The lowest BCUT2D eigenvalue weighted by molar-refractivity contribution is -0.141. The number of aryl methyl sites for hydroxylation is 2. The normalized spacial score (nSPS) is 14.1. The van der Waals surface area contributed by atoms with Crippen molar-refractivity contribution in [3.63, 3.8) is 0 Å². The lowest BCUT2D eigenvalue weighted by atomic mass is 10.0. The van der Waals surface area contributed by atoms with Crippen molar-refractivity contribution in [2.75, 3.05) is 16.8 Å². The lowest BCUT2D eigenvalue weighted by Gasteiger charge is -2.31. The topological polar surface area (TPSA) is 58.1 Å². The maximum atomic E-state index is 12.6. The van der Waals surface area contributed by atoms with Crippen molar-refractivity contribution < 1.29 is 18.0 Å². The molecule has 8 heteroatoms. The molecule has 1 amide bonds. The highest BCUT2D eigenvalue weighted by molar-refractivity contribution is 5.88. The third-order valence-corrected chi connectivity index (χ3v) is 4.23. The van der Waals surface area contributed by atoms with Crippen molar-refractivity contribution in [3.8, 4) is 0 Å². The Morgan fingerprint density at radius 3 is 2.73 bits per heavy atom. The Labute approximate surface area is 149 Å². The summed E-state index contributed by atoms with van der Waals surface area (Å²) in [6.07, 6.45) is -1.49. The Morgan fingerprint density at radius 2 is 2.12 bits per heavy atom. The molecule has 0 fully saturated rings. The number of nitrogens with zero attached hydrogens (tertiary/aromatic N) is 3. The van der Waals surface area contributed by atoms with E-state index in [1.54, 1.807) is 0 Å². The molecule has 138 valence electrons. The third kappa shape index (κ3) is 3.95. The molecule has 1 aliphatic heterocycles. The van der Waals surface area contributed by atoms with Gasteiger partial charge < -0.3 is 10.2 Å². The van der Waals surface area contributed by atoms with Crippen LogP contribution in [0.5, 0.6) is 0 Å². The van der Waals surface area contributed by atoms with E-state index in [0.29, 0.717) is 17.9 Å². The third-order valence-electron chi connectivity index (χ3n) is 4.23. The molecule has 3 heterocycles. The predicted octanol–water partition coefficient (Wildman–Crippen LogP) is 3.72. The SMILES string of the molecule is CC(=O)Nc1nc2c(cc1C)N(Cc1ccc(C(F)(F)F)nc1)CCC2. The second-order valence-corrected chi connectivity index (χ2v) is 6.38. The Kier molecular flexibility index (Phi) is 4.84. The summed E-state index contributed by atoms with van der Waals surface area (Å²) in [6.45, 7) is 4.54. The largest absolute Gasteiger partial charge is 0.433 e. The summed E-state index contributed by atoms with van der Waals surface area (Å²) in [5, 5.41) is 2.72. The van der Waals surface area contributed by atoms with Crippen molar-refractivity contribution in [1.29, 1.82) is 0 Å². The summed E-state index contributed by atoms with van der Waals surface area (Å²) in [6, 6.07) is 4.42. The molecule has 2 aromatic rings. The van der Waals surface area contributed by atoms with Gasteiger partial charge in [-0.1, -0.05) is 6.07 Å². The number of hydrogen-bond acceptors (Lipinski definition) is 4. The van der Waals surface area contributed by atoms with E-state index in [1.165, 1.54) is 19.2 Å². The van der Waals surface area contributed by atoms with Gasteiger partial charge in [-0.05, 0) is 43.0 Å². The van der Waals surface area contributed by atoms with Crippen LogP contribution in [0.25, 0.3) is 0 Å². The van der Waals surface area contributed by atoms with Crippen molar-refractivity contribution in [3.05, 3.63) is 46.9 Å². The van der Waals surface area contributed by atoms with Gasteiger partial charge in [-0.3, -0.25) is 9.78 Å². The quantitative estimate of drug-likeness (QED) is 0.902. The Bertz CT molecular complexity index is 818. The first-order valence-electron chi connectivity index (χ1n) is 8.29. The number of anilines is 2. The van der Waals surface area contributed by atoms with Crippen LogP contribution in [0, 0.1) is 6.92 Å². The Hall–Kier alpha value is -2.64. The van der Waals surface area contributed by atoms with Gasteiger partial charge in [0, 0.05) is 26.2 Å². The van der Waals surface area contributed by atoms with E-state index in [0.717, 1.165) is 42.4 Å². The van der Waals surface area contributed by atoms with Crippen LogP contribution in [-0.2, 0) is 23.9 Å². The smallest absolute Gasteiger partial charge is 0.366 e. The maximum Gasteiger partial charge on any atom is 0.433 e. The second-order valence-electron chi connectivity index (χ2n) is 6.38. The number of alkyl halides is 3. The molecule has 0 radical (unpaired) electrons. The fraction of sp³-hybridized carbons (Fsp3) is 0.389. The molecule has 5 nitrogen and oxygen atoms in total. The molecule has 26 heavy (non-hydrogen) atoms. The van der Waals surface area contributed by atoms with Gasteiger partial charge in [0.1, 0.15) is 11.5 Å². The molecule has 0 saturated carbocycles. The van der Waals surface area contributed by atoms with Crippen LogP contribution in [-0.4, -0.2) is 22.4 Å². The molecule has 3 rings (SSSR count). The van der Waals surface area contributed by atoms with Crippen LogP contribution < -0.4 is 10.2 Å². The van der Waals surface area contributed by atoms with Crippen LogP contribution in [0.4, 0.5) is 24.7 Å². The monoisotopic (exact) mass is 364 g/mol. The van der Waals surface area contributed by atoms with E-state index in [9.17, 15) is 18.0 Å². The summed E-state index contributed by atoms with van der Waals surface area (Å²) in [5.74, 6) is 0.373. The highest BCUT2D eigenvalue weighted by Crippen LogP contribution is 2.31. The first-order valence-corrected chi connectivity index (χ1v) is 8.29. The van der Waals surface area contributed by atoms with Gasteiger partial charge in [0.2, 0.25) is 5.91 Å². The summed E-state index contributed by atoms with van der Waals surface area (Å²) in [4.78, 5) is 21.4. The summed E-state index contributed by atoms with van der Waals surface area (Å²) in [7, 11) is 0. The average Bonchev–Trinajstić information content (AvgIpc) is 2.55. The van der Waals surface area contributed by atoms with Gasteiger partial charge in [-0.25, -0.2) is 4.98 Å². The highest BCUT2D eigenvalue weighted by Gasteiger charge is 2.32. The van der Waals surface area contributed by atoms with E-state index >= 15 is 0 Å². The summed E-state index contributed by atoms with van der Waals surface area (Å²) < 4.78 is 37.9. The van der Waals surface area contributed by atoms with Gasteiger partial charge in [-0.2, -0.15) is 13.2 Å². The summed E-state index contributed by atoms with van der Waals surface area (Å²) >= 11 is 0. The molecule has 0 spiro atoms. The fourth-order valence-electron chi connectivity index (χ4n) is 3.02. The van der Waals surface area contributed by atoms with Gasteiger partial charge in [-0.15, -0.1) is 0 Å². The van der Waals surface area contributed by atoms with Crippen molar-refractivity contribution >= 4 is 17.4 Å². The van der Waals surface area contributed by atoms with Gasteiger partial charge in [0.15, 0.2) is 0 Å². The van der Waals surface area contributed by atoms with E-state index in [4.69, 9.17) is 0 Å². The van der Waals surface area contributed by atoms with E-state index in [-0.39, 0.29) is 5.91 Å². The van der Waals surface area contributed by atoms with Gasteiger partial charge >= 0.3 is 6.18 Å². The molecule has 1 N–H and O–H groups in total. The Morgan fingerprint density at radius 1 is 1.35 bits per heavy atom. The predicted molar refractivity (Wildman–Crippen MR) is 91.9 cm³/mol. The van der Waals surface area contributed by atoms with E-state index < -0.39 is 11.9 Å². The zero-order valence-electron chi connectivity index (χ0n) is 14.5. The van der Waals surface area contributed by atoms with E-state index in [2.05, 4.69) is 20.2 Å². The lowest BCUT2D eigenvalue weighted by Crippen LogP contribution is -2.30. The number of carbonyl (C=O) groups is 1. The van der Waals surface area contributed by atoms with Gasteiger partial charge in [0.05, 0.1) is 11.4 Å². The molecular formula is C18H19F3N4O. The molecule has 0 saturated heterocycles. The Balaban J connectivity index is 1.83. The number of carbonyl (C=O) groups excluding carboxylic acids is 1. The van der Waals surface area contributed by atoms with Crippen molar-refractivity contribution in [2.45, 2.75) is 39.4 Å². The minimum atomic E-state index is -4.43. The molecular weight excluding hydrogens is 345 g/mol. The zero-order chi connectivity index (χ0) is 18.9. The zero-order valence-corrected chi connectivity index (χ0v) is 14.5. The molecule has 0 atom stereocenters. The van der Waals surface area contributed by atoms with Crippen molar-refractivity contribution in [2.24, 2.45) is 0 Å². The molecule has 1 aliphatic rings. The van der Waals surface area contributed by atoms with Crippen LogP contribution >= 0.6 is 0 Å². The van der Waals surface area contributed by atoms with Gasteiger partial charge in [0.25, 0.3) is 0 Å². The second kappa shape index (κ2) is 6.93. The van der Waals surface area contributed by atoms with Crippen molar-refractivity contribution in [1.82, 2.24) is 9.97 Å². The van der Waals surface area contributed by atoms with E-state index in [1.807, 2.05) is 13.0 Å². The van der Waals surface area contributed by atoms with Crippen LogP contribution in [0.15, 0.2) is 24.4 Å². The number of fused-ring (bicyclic) bond motifs is 1. The first kappa shape index (κ1) is 18.2. The molecule has 0 unspecified atom stereocenters. The fourth-order valence-corrected chi connectivity index (χ4v) is 3.02. The summed E-state index contributed by atoms with van der Waals surface area (Å²) in [5.41, 5.74) is 2.48. The maximum absolute atomic E-state index is 12.6. The van der Waals surface area contributed by atoms with Crippen LogP contribution in [0.2, 0.25) is 0 Å². The average molecular weight is 364 g/mol. The number of hydrogen-bond donors (Lipinski definition) is 1. The molecule has 2 aromatic heterocycles. The molecule has 0 aliphatic carbocycles. The molecule has 0 aromatic carbocycles. The first-order chi connectivity index (χ1) is 12.2.